The molecule has 3 aromatic heterocycles. The molecule has 3 heterocycles. The van der Waals surface area contributed by atoms with E-state index >= 15 is 0 Å². The van der Waals surface area contributed by atoms with Gasteiger partial charge in [-0.2, -0.15) is 5.10 Å². The number of aromatic nitrogens is 4. The summed E-state index contributed by atoms with van der Waals surface area (Å²) in [5.41, 5.74) is 2.66. The van der Waals surface area contributed by atoms with Gasteiger partial charge in [0.2, 0.25) is 0 Å². The standard InChI is InChI=1S/C13H14N4OS/c1-8-9(2)19-13(16-8)5-12(18)10-6-15-17-4-3-14-7-11(10)17/h3-4,6-7,12,18H,5H2,1-2H3. The largest absolute Gasteiger partial charge is 0.388 e. The van der Waals surface area contributed by atoms with Crippen molar-refractivity contribution in [1.29, 1.82) is 0 Å². The molecule has 0 bridgehead atoms. The molecule has 98 valence electrons. The fourth-order valence-corrected chi connectivity index (χ4v) is 2.98. The molecule has 6 heteroatoms. The Morgan fingerprint density at radius 1 is 1.37 bits per heavy atom. The van der Waals surface area contributed by atoms with Crippen molar-refractivity contribution in [2.45, 2.75) is 26.4 Å². The van der Waals surface area contributed by atoms with Gasteiger partial charge in [-0.05, 0) is 13.8 Å². The van der Waals surface area contributed by atoms with Crippen molar-refractivity contribution in [2.24, 2.45) is 0 Å². The van der Waals surface area contributed by atoms with Crippen LogP contribution >= 0.6 is 11.3 Å². The Morgan fingerprint density at radius 3 is 2.95 bits per heavy atom. The van der Waals surface area contributed by atoms with Gasteiger partial charge in [-0.1, -0.05) is 0 Å². The lowest BCUT2D eigenvalue weighted by molar-refractivity contribution is 0.180. The molecule has 0 aliphatic carbocycles. The first-order valence-electron chi connectivity index (χ1n) is 6.03. The Labute approximate surface area is 114 Å². The number of thiazole rings is 1. The van der Waals surface area contributed by atoms with Gasteiger partial charge in [-0.25, -0.2) is 9.50 Å². The van der Waals surface area contributed by atoms with Crippen molar-refractivity contribution in [2.75, 3.05) is 0 Å². The average molecular weight is 274 g/mol. The van der Waals surface area contributed by atoms with Crippen LogP contribution in [0.1, 0.15) is 27.2 Å². The van der Waals surface area contributed by atoms with Gasteiger partial charge in [0.1, 0.15) is 0 Å². The average Bonchev–Trinajstić information content (AvgIpc) is 2.94. The van der Waals surface area contributed by atoms with E-state index < -0.39 is 6.10 Å². The van der Waals surface area contributed by atoms with E-state index in [1.54, 1.807) is 40.6 Å². The fourth-order valence-electron chi connectivity index (χ4n) is 2.01. The minimum Gasteiger partial charge on any atom is -0.388 e. The van der Waals surface area contributed by atoms with Gasteiger partial charge in [0.15, 0.2) is 0 Å². The maximum Gasteiger partial charge on any atom is 0.0960 e. The number of nitrogens with zero attached hydrogens (tertiary/aromatic N) is 4. The summed E-state index contributed by atoms with van der Waals surface area (Å²) in [6.07, 6.45) is 6.74. The third-order valence-electron chi connectivity index (χ3n) is 3.15. The second-order valence-corrected chi connectivity index (χ2v) is 5.76. The minimum atomic E-state index is -0.605. The molecule has 0 aromatic carbocycles. The van der Waals surface area contributed by atoms with Crippen molar-refractivity contribution in [1.82, 2.24) is 19.6 Å². The summed E-state index contributed by atoms with van der Waals surface area (Å²) < 4.78 is 1.71. The topological polar surface area (TPSA) is 63.3 Å². The van der Waals surface area contributed by atoms with Crippen molar-refractivity contribution < 1.29 is 5.11 Å². The second kappa shape index (κ2) is 4.71. The first kappa shape index (κ1) is 12.3. The van der Waals surface area contributed by atoms with Crippen LogP contribution < -0.4 is 0 Å². The Hall–Kier alpha value is -1.79. The summed E-state index contributed by atoms with van der Waals surface area (Å²) >= 11 is 1.63. The minimum absolute atomic E-state index is 0.510. The van der Waals surface area contributed by atoms with E-state index in [-0.39, 0.29) is 0 Å². The van der Waals surface area contributed by atoms with Gasteiger partial charge < -0.3 is 5.11 Å². The van der Waals surface area contributed by atoms with Gasteiger partial charge in [0, 0.05) is 29.3 Å². The zero-order valence-corrected chi connectivity index (χ0v) is 11.6. The Morgan fingerprint density at radius 2 is 2.21 bits per heavy atom. The van der Waals surface area contributed by atoms with Crippen molar-refractivity contribution >= 4 is 16.9 Å². The van der Waals surface area contributed by atoms with Gasteiger partial charge >= 0.3 is 0 Å². The molecule has 0 aliphatic rings. The van der Waals surface area contributed by atoms with Gasteiger partial charge in [0.25, 0.3) is 0 Å². The zero-order chi connectivity index (χ0) is 13.4. The molecular formula is C13H14N4OS. The summed E-state index contributed by atoms with van der Waals surface area (Å²) in [7, 11) is 0. The molecule has 5 nitrogen and oxygen atoms in total. The molecule has 3 rings (SSSR count). The predicted octanol–water partition coefficient (Wildman–Crippen LogP) is 2.08. The normalized spacial score (nSPS) is 13.0. The van der Waals surface area contributed by atoms with E-state index in [1.807, 2.05) is 13.8 Å². The quantitative estimate of drug-likeness (QED) is 0.794. The van der Waals surface area contributed by atoms with Crippen LogP contribution in [0.2, 0.25) is 0 Å². The molecule has 0 radical (unpaired) electrons. The van der Waals surface area contributed by atoms with E-state index in [0.29, 0.717) is 6.42 Å². The molecule has 0 aliphatic heterocycles. The smallest absolute Gasteiger partial charge is 0.0960 e. The van der Waals surface area contributed by atoms with Gasteiger partial charge in [-0.15, -0.1) is 11.3 Å². The summed E-state index contributed by atoms with van der Waals surface area (Å²) in [5.74, 6) is 0. The lowest BCUT2D eigenvalue weighted by Gasteiger charge is -2.06. The van der Waals surface area contributed by atoms with Crippen LogP contribution in [0.5, 0.6) is 0 Å². The maximum absolute atomic E-state index is 10.3. The maximum atomic E-state index is 10.3. The molecule has 0 saturated carbocycles. The molecule has 0 saturated heterocycles. The van der Waals surface area contributed by atoms with Crippen molar-refractivity contribution in [3.8, 4) is 0 Å². The summed E-state index contributed by atoms with van der Waals surface area (Å²) in [6.45, 7) is 4.03. The molecule has 0 spiro atoms. The number of fused-ring (bicyclic) bond motifs is 1. The first-order valence-corrected chi connectivity index (χ1v) is 6.85. The molecule has 0 fully saturated rings. The Bertz CT molecular complexity index is 699. The Kier molecular flexibility index (Phi) is 3.04. The molecule has 1 unspecified atom stereocenters. The van der Waals surface area contributed by atoms with Crippen molar-refractivity contribution in [3.05, 3.63) is 45.9 Å². The van der Waals surface area contributed by atoms with Gasteiger partial charge in [0.05, 0.1) is 34.7 Å². The van der Waals surface area contributed by atoms with Gasteiger partial charge in [-0.3, -0.25) is 4.98 Å². The van der Waals surface area contributed by atoms with E-state index in [9.17, 15) is 5.11 Å². The number of hydrogen-bond acceptors (Lipinski definition) is 5. The van der Waals surface area contributed by atoms with Crippen LogP contribution in [-0.2, 0) is 6.42 Å². The van der Waals surface area contributed by atoms with Crippen LogP contribution in [0, 0.1) is 13.8 Å². The number of hydrogen-bond donors (Lipinski definition) is 1. The van der Waals surface area contributed by atoms with Crippen LogP contribution in [-0.4, -0.2) is 24.7 Å². The number of aryl methyl sites for hydroxylation is 2. The van der Waals surface area contributed by atoms with Crippen molar-refractivity contribution in [3.63, 3.8) is 0 Å². The van der Waals surface area contributed by atoms with Crippen LogP contribution in [0.3, 0.4) is 0 Å². The highest BCUT2D eigenvalue weighted by Crippen LogP contribution is 2.25. The van der Waals surface area contributed by atoms with E-state index in [2.05, 4.69) is 15.1 Å². The summed E-state index contributed by atoms with van der Waals surface area (Å²) in [6, 6.07) is 0. The SMILES string of the molecule is Cc1nc(CC(O)c2cnn3ccncc23)sc1C. The molecule has 3 aromatic rings. The van der Waals surface area contributed by atoms with E-state index in [0.717, 1.165) is 21.8 Å². The fraction of sp³-hybridized carbons (Fsp3) is 0.308. The predicted molar refractivity (Wildman–Crippen MR) is 73.2 cm³/mol. The molecule has 1 atom stereocenters. The molecule has 19 heavy (non-hydrogen) atoms. The summed E-state index contributed by atoms with van der Waals surface area (Å²) in [5, 5.41) is 15.5. The number of rotatable bonds is 3. The monoisotopic (exact) mass is 274 g/mol. The van der Waals surface area contributed by atoms with Crippen LogP contribution in [0.15, 0.2) is 24.8 Å². The summed E-state index contributed by atoms with van der Waals surface area (Å²) in [4.78, 5) is 9.72. The van der Waals surface area contributed by atoms with E-state index in [4.69, 9.17) is 0 Å². The highest BCUT2D eigenvalue weighted by molar-refractivity contribution is 7.11. The van der Waals surface area contributed by atoms with Crippen LogP contribution in [0.25, 0.3) is 5.52 Å². The van der Waals surface area contributed by atoms with E-state index in [1.165, 1.54) is 4.88 Å². The highest BCUT2D eigenvalue weighted by atomic mass is 32.1. The molecular weight excluding hydrogens is 260 g/mol. The number of aliphatic hydroxyl groups is 1. The Balaban J connectivity index is 1.89. The number of aliphatic hydroxyl groups excluding tert-OH is 1. The zero-order valence-electron chi connectivity index (χ0n) is 10.7. The third-order valence-corrected chi connectivity index (χ3v) is 4.25. The van der Waals surface area contributed by atoms with Crippen LogP contribution in [0.4, 0.5) is 0 Å². The second-order valence-electron chi connectivity index (χ2n) is 4.48. The highest BCUT2D eigenvalue weighted by Gasteiger charge is 2.16. The first-order chi connectivity index (χ1) is 9.15. The lowest BCUT2D eigenvalue weighted by atomic mass is 10.1. The molecule has 1 N–H and O–H groups in total. The third kappa shape index (κ3) is 2.24. The molecule has 0 amide bonds. The lowest BCUT2D eigenvalue weighted by Crippen LogP contribution is -2.01.